The van der Waals surface area contributed by atoms with E-state index in [1.807, 2.05) is 0 Å². The van der Waals surface area contributed by atoms with Crippen LogP contribution in [0.25, 0.3) is 0 Å². The van der Waals surface area contributed by atoms with Gasteiger partial charge in [-0.3, -0.25) is 9.59 Å². The van der Waals surface area contributed by atoms with Gasteiger partial charge in [0.1, 0.15) is 0 Å². The molecule has 1 saturated carbocycles. The van der Waals surface area contributed by atoms with Crippen molar-refractivity contribution in [3.05, 3.63) is 0 Å². The average molecular weight is 185 g/mol. The maximum Gasteiger partial charge on any atom is 0.304 e. The topological polar surface area (TPSA) is 55.4 Å². The molecule has 0 spiro atoms. The highest BCUT2D eigenvalue weighted by Crippen LogP contribution is 2.30. The van der Waals surface area contributed by atoms with E-state index in [0.717, 1.165) is 25.7 Å². The second-order valence-corrected chi connectivity index (χ2v) is 3.48. The van der Waals surface area contributed by atoms with Crippen molar-refractivity contribution in [3.8, 4) is 0 Å². The molecule has 0 aromatic rings. The van der Waals surface area contributed by atoms with E-state index < -0.39 is 5.72 Å². The second-order valence-electron chi connectivity index (χ2n) is 3.48. The fourth-order valence-corrected chi connectivity index (χ4v) is 1.79. The van der Waals surface area contributed by atoms with Gasteiger partial charge >= 0.3 is 5.97 Å². The van der Waals surface area contributed by atoms with Crippen LogP contribution < -0.4 is 5.32 Å². The molecule has 0 bridgehead atoms. The zero-order valence-electron chi connectivity index (χ0n) is 8.05. The van der Waals surface area contributed by atoms with Crippen LogP contribution in [0, 0.1) is 0 Å². The van der Waals surface area contributed by atoms with Crippen molar-refractivity contribution in [1.82, 2.24) is 5.32 Å². The first-order valence-corrected chi connectivity index (χ1v) is 4.52. The number of carbonyl (C=O) groups is 2. The molecule has 0 aromatic heterocycles. The van der Waals surface area contributed by atoms with Gasteiger partial charge in [0.05, 0.1) is 0 Å². The van der Waals surface area contributed by atoms with Crippen molar-refractivity contribution >= 4 is 11.9 Å². The lowest BCUT2D eigenvalue weighted by Crippen LogP contribution is -2.48. The van der Waals surface area contributed by atoms with Crippen molar-refractivity contribution in [2.24, 2.45) is 0 Å². The molecular weight excluding hydrogens is 170 g/mol. The normalized spacial score (nSPS) is 19.5. The number of esters is 1. The molecule has 13 heavy (non-hydrogen) atoms. The van der Waals surface area contributed by atoms with Crippen LogP contribution in [0.1, 0.15) is 39.5 Å². The van der Waals surface area contributed by atoms with Crippen LogP contribution in [0.5, 0.6) is 0 Å². The van der Waals surface area contributed by atoms with Gasteiger partial charge in [-0.15, -0.1) is 0 Å². The van der Waals surface area contributed by atoms with Crippen molar-refractivity contribution in [2.45, 2.75) is 45.3 Å². The minimum Gasteiger partial charge on any atom is -0.439 e. The van der Waals surface area contributed by atoms with Crippen LogP contribution in [0.2, 0.25) is 0 Å². The van der Waals surface area contributed by atoms with Gasteiger partial charge < -0.3 is 10.1 Å². The Kier molecular flexibility index (Phi) is 2.90. The zero-order chi connectivity index (χ0) is 9.90. The SMILES string of the molecule is CC(=O)NC1(OC(C)=O)CCCC1. The molecule has 74 valence electrons. The molecule has 1 amide bonds. The summed E-state index contributed by atoms with van der Waals surface area (Å²) in [5.41, 5.74) is -0.711. The maximum atomic E-state index is 10.9. The second kappa shape index (κ2) is 3.77. The van der Waals surface area contributed by atoms with E-state index in [2.05, 4.69) is 5.32 Å². The number of hydrogen-bond donors (Lipinski definition) is 1. The highest BCUT2D eigenvalue weighted by Gasteiger charge is 2.37. The van der Waals surface area contributed by atoms with Crippen LogP contribution in [-0.2, 0) is 14.3 Å². The summed E-state index contributed by atoms with van der Waals surface area (Å²) in [6.45, 7) is 2.80. The molecule has 1 N–H and O–H groups in total. The van der Waals surface area contributed by atoms with Gasteiger partial charge in [0.2, 0.25) is 5.91 Å². The van der Waals surface area contributed by atoms with E-state index >= 15 is 0 Å². The molecule has 0 saturated heterocycles. The minimum atomic E-state index is -0.711. The number of carbonyl (C=O) groups excluding carboxylic acids is 2. The van der Waals surface area contributed by atoms with Crippen LogP contribution in [0.4, 0.5) is 0 Å². The summed E-state index contributed by atoms with van der Waals surface area (Å²) in [5, 5.41) is 2.70. The van der Waals surface area contributed by atoms with Crippen LogP contribution >= 0.6 is 0 Å². The number of amides is 1. The van der Waals surface area contributed by atoms with E-state index in [1.165, 1.54) is 13.8 Å². The molecule has 4 heteroatoms. The Morgan fingerprint density at radius 2 is 1.77 bits per heavy atom. The summed E-state index contributed by atoms with van der Waals surface area (Å²) in [5.74, 6) is -0.487. The Balaban J connectivity index is 2.62. The van der Waals surface area contributed by atoms with Crippen molar-refractivity contribution < 1.29 is 14.3 Å². The van der Waals surface area contributed by atoms with Gasteiger partial charge in [0.25, 0.3) is 0 Å². The van der Waals surface area contributed by atoms with Crippen molar-refractivity contribution in [3.63, 3.8) is 0 Å². The fraction of sp³-hybridized carbons (Fsp3) is 0.778. The molecule has 1 aliphatic rings. The van der Waals surface area contributed by atoms with Gasteiger partial charge in [-0.1, -0.05) is 0 Å². The highest BCUT2D eigenvalue weighted by molar-refractivity contribution is 5.74. The number of nitrogens with one attached hydrogen (secondary N) is 1. The van der Waals surface area contributed by atoms with Gasteiger partial charge in [-0.2, -0.15) is 0 Å². The smallest absolute Gasteiger partial charge is 0.304 e. The summed E-state index contributed by atoms with van der Waals surface area (Å²) < 4.78 is 5.14. The summed E-state index contributed by atoms with van der Waals surface area (Å²) in [6.07, 6.45) is 3.44. The predicted octanol–water partition coefficient (Wildman–Crippen LogP) is 0.956. The quantitative estimate of drug-likeness (QED) is 0.515. The Morgan fingerprint density at radius 1 is 1.23 bits per heavy atom. The lowest BCUT2D eigenvalue weighted by Gasteiger charge is -2.28. The van der Waals surface area contributed by atoms with E-state index in [-0.39, 0.29) is 11.9 Å². The van der Waals surface area contributed by atoms with E-state index in [1.54, 1.807) is 0 Å². The standard InChI is InChI=1S/C9H15NO3/c1-7(11)10-9(13-8(2)12)5-3-4-6-9/h3-6H2,1-2H3,(H,10,11). The minimum absolute atomic E-state index is 0.150. The van der Waals surface area contributed by atoms with Crippen LogP contribution in [-0.4, -0.2) is 17.6 Å². The third-order valence-corrected chi connectivity index (χ3v) is 2.15. The molecule has 1 fully saturated rings. The molecule has 0 unspecified atom stereocenters. The maximum absolute atomic E-state index is 10.9. The summed E-state index contributed by atoms with van der Waals surface area (Å²) in [6, 6.07) is 0. The van der Waals surface area contributed by atoms with Gasteiger partial charge in [-0.05, 0) is 12.8 Å². The Labute approximate surface area is 77.6 Å². The van der Waals surface area contributed by atoms with Gasteiger partial charge in [0.15, 0.2) is 5.72 Å². The molecule has 0 aliphatic heterocycles. The predicted molar refractivity (Wildman–Crippen MR) is 46.8 cm³/mol. The lowest BCUT2D eigenvalue weighted by atomic mass is 10.2. The van der Waals surface area contributed by atoms with Gasteiger partial charge in [-0.25, -0.2) is 0 Å². The fourth-order valence-electron chi connectivity index (χ4n) is 1.79. The average Bonchev–Trinajstić information content (AvgIpc) is 2.33. The number of ether oxygens (including phenoxy) is 1. The molecule has 0 heterocycles. The van der Waals surface area contributed by atoms with E-state index in [4.69, 9.17) is 4.74 Å². The Hall–Kier alpha value is -1.06. The summed E-state index contributed by atoms with van der Waals surface area (Å²) in [4.78, 5) is 21.7. The summed E-state index contributed by atoms with van der Waals surface area (Å²) >= 11 is 0. The first kappa shape index (κ1) is 10.0. The first-order valence-electron chi connectivity index (χ1n) is 4.52. The summed E-state index contributed by atoms with van der Waals surface area (Å²) in [7, 11) is 0. The monoisotopic (exact) mass is 185 g/mol. The molecular formula is C9H15NO3. The van der Waals surface area contributed by atoms with E-state index in [0.29, 0.717) is 0 Å². The molecule has 0 radical (unpaired) electrons. The Morgan fingerprint density at radius 3 is 2.15 bits per heavy atom. The van der Waals surface area contributed by atoms with Gasteiger partial charge in [0, 0.05) is 26.7 Å². The lowest BCUT2D eigenvalue weighted by molar-refractivity contribution is -0.162. The third kappa shape index (κ3) is 2.72. The van der Waals surface area contributed by atoms with Crippen LogP contribution in [0.3, 0.4) is 0 Å². The Bertz CT molecular complexity index is 201. The molecule has 1 rings (SSSR count). The molecule has 0 aromatic carbocycles. The van der Waals surface area contributed by atoms with Crippen LogP contribution in [0.15, 0.2) is 0 Å². The van der Waals surface area contributed by atoms with Crippen molar-refractivity contribution in [1.29, 1.82) is 0 Å². The third-order valence-electron chi connectivity index (χ3n) is 2.15. The molecule has 4 nitrogen and oxygen atoms in total. The zero-order valence-corrected chi connectivity index (χ0v) is 8.05. The highest BCUT2D eigenvalue weighted by atomic mass is 16.6. The molecule has 1 aliphatic carbocycles. The first-order chi connectivity index (χ1) is 6.04. The van der Waals surface area contributed by atoms with E-state index in [9.17, 15) is 9.59 Å². The molecule has 0 atom stereocenters. The number of hydrogen-bond acceptors (Lipinski definition) is 3. The number of rotatable bonds is 2. The van der Waals surface area contributed by atoms with Crippen molar-refractivity contribution in [2.75, 3.05) is 0 Å². The largest absolute Gasteiger partial charge is 0.439 e.